The highest BCUT2D eigenvalue weighted by Crippen LogP contribution is 2.11. The zero-order chi connectivity index (χ0) is 11.4. The first-order valence-electron chi connectivity index (χ1n) is 5.01. The van der Waals surface area contributed by atoms with Crippen molar-refractivity contribution in [3.63, 3.8) is 0 Å². The van der Waals surface area contributed by atoms with E-state index in [0.29, 0.717) is 24.3 Å². The molecule has 0 fully saturated rings. The molecule has 84 valence electrons. The fraction of sp³-hybridized carbons (Fsp3) is 0.167. The van der Waals surface area contributed by atoms with Gasteiger partial charge in [0.15, 0.2) is 0 Å². The van der Waals surface area contributed by atoms with E-state index in [0.717, 1.165) is 5.56 Å². The van der Waals surface area contributed by atoms with E-state index in [-0.39, 0.29) is 5.82 Å². The molecule has 2 rings (SSSR count). The summed E-state index contributed by atoms with van der Waals surface area (Å²) in [6, 6.07) is 6.58. The Kier molecular flexibility index (Phi) is 3.22. The van der Waals surface area contributed by atoms with E-state index in [4.69, 9.17) is 10.2 Å². The summed E-state index contributed by atoms with van der Waals surface area (Å²) in [6.45, 7) is 1.12. The van der Waals surface area contributed by atoms with Crippen LogP contribution in [0.25, 0.3) is 0 Å². The number of furan rings is 1. The molecule has 0 saturated carbocycles. The van der Waals surface area contributed by atoms with Crippen molar-refractivity contribution in [3.05, 3.63) is 53.7 Å². The second kappa shape index (κ2) is 4.81. The minimum atomic E-state index is -0.278. The van der Waals surface area contributed by atoms with E-state index in [1.807, 2.05) is 6.07 Å². The van der Waals surface area contributed by atoms with E-state index in [1.165, 1.54) is 6.07 Å². The number of rotatable bonds is 4. The third-order valence-electron chi connectivity index (χ3n) is 2.30. The van der Waals surface area contributed by atoms with Gasteiger partial charge in [0.1, 0.15) is 5.82 Å². The second-order valence-corrected chi connectivity index (χ2v) is 3.59. The summed E-state index contributed by atoms with van der Waals surface area (Å²) in [7, 11) is 0. The van der Waals surface area contributed by atoms with Crippen LogP contribution in [0.15, 0.2) is 41.2 Å². The molecule has 16 heavy (non-hydrogen) atoms. The lowest BCUT2D eigenvalue weighted by atomic mass is 10.2. The maximum Gasteiger partial charge on any atom is 0.129 e. The van der Waals surface area contributed by atoms with Crippen LogP contribution in [-0.2, 0) is 13.1 Å². The van der Waals surface area contributed by atoms with Crippen LogP contribution in [-0.4, -0.2) is 0 Å². The lowest BCUT2D eigenvalue weighted by molar-refractivity contribution is 0.557. The zero-order valence-corrected chi connectivity index (χ0v) is 8.74. The summed E-state index contributed by atoms with van der Waals surface area (Å²) in [6.07, 6.45) is 3.27. The van der Waals surface area contributed by atoms with Crippen molar-refractivity contribution < 1.29 is 8.81 Å². The van der Waals surface area contributed by atoms with Gasteiger partial charge < -0.3 is 15.5 Å². The van der Waals surface area contributed by atoms with Crippen molar-refractivity contribution in [2.75, 3.05) is 5.73 Å². The van der Waals surface area contributed by atoms with Gasteiger partial charge in [-0.1, -0.05) is 6.07 Å². The highest BCUT2D eigenvalue weighted by Gasteiger charge is 2.02. The summed E-state index contributed by atoms with van der Waals surface area (Å²) < 4.78 is 18.3. The van der Waals surface area contributed by atoms with E-state index in [2.05, 4.69) is 5.32 Å². The highest BCUT2D eigenvalue weighted by molar-refractivity contribution is 5.40. The average Bonchev–Trinajstić information content (AvgIpc) is 2.74. The summed E-state index contributed by atoms with van der Waals surface area (Å²) in [4.78, 5) is 0. The molecule has 0 amide bonds. The van der Waals surface area contributed by atoms with Gasteiger partial charge in [-0.25, -0.2) is 4.39 Å². The number of nitrogens with two attached hydrogens (primary N) is 1. The predicted octanol–water partition coefficient (Wildman–Crippen LogP) is 2.29. The van der Waals surface area contributed by atoms with Crippen molar-refractivity contribution in [3.8, 4) is 0 Å². The number of nitrogen functional groups attached to an aromatic ring is 1. The molecule has 0 saturated heterocycles. The van der Waals surface area contributed by atoms with Crippen molar-refractivity contribution in [2.24, 2.45) is 0 Å². The van der Waals surface area contributed by atoms with Gasteiger partial charge in [-0.3, -0.25) is 0 Å². The predicted molar refractivity (Wildman–Crippen MR) is 60.1 cm³/mol. The molecule has 0 unspecified atom stereocenters. The Labute approximate surface area is 93.1 Å². The van der Waals surface area contributed by atoms with Crippen molar-refractivity contribution in [1.82, 2.24) is 5.32 Å². The fourth-order valence-corrected chi connectivity index (χ4v) is 1.44. The van der Waals surface area contributed by atoms with Crippen LogP contribution < -0.4 is 11.1 Å². The normalized spacial score (nSPS) is 10.6. The smallest absolute Gasteiger partial charge is 0.129 e. The highest BCUT2D eigenvalue weighted by atomic mass is 19.1. The van der Waals surface area contributed by atoms with Crippen LogP contribution in [0.2, 0.25) is 0 Å². The monoisotopic (exact) mass is 220 g/mol. The Hall–Kier alpha value is -1.81. The van der Waals surface area contributed by atoms with Crippen molar-refractivity contribution >= 4 is 5.69 Å². The van der Waals surface area contributed by atoms with Crippen LogP contribution in [0, 0.1) is 5.82 Å². The standard InChI is InChI=1S/C12H13FN2O/c13-12-5-11(14)2-1-10(12)7-15-6-9-3-4-16-8-9/h1-5,8,15H,6-7,14H2. The van der Waals surface area contributed by atoms with Crippen LogP contribution >= 0.6 is 0 Å². The third-order valence-corrected chi connectivity index (χ3v) is 2.30. The minimum Gasteiger partial charge on any atom is -0.472 e. The number of benzene rings is 1. The molecule has 2 aromatic rings. The Morgan fingerprint density at radius 2 is 2.12 bits per heavy atom. The average molecular weight is 220 g/mol. The largest absolute Gasteiger partial charge is 0.472 e. The number of halogens is 1. The molecule has 0 spiro atoms. The molecule has 1 aromatic heterocycles. The Morgan fingerprint density at radius 3 is 2.81 bits per heavy atom. The number of hydrogen-bond acceptors (Lipinski definition) is 3. The van der Waals surface area contributed by atoms with Crippen LogP contribution in [0.3, 0.4) is 0 Å². The first kappa shape index (κ1) is 10.7. The van der Waals surface area contributed by atoms with Gasteiger partial charge in [-0.2, -0.15) is 0 Å². The maximum atomic E-state index is 13.4. The first-order valence-corrected chi connectivity index (χ1v) is 5.01. The number of hydrogen-bond donors (Lipinski definition) is 2. The van der Waals surface area contributed by atoms with E-state index >= 15 is 0 Å². The molecular weight excluding hydrogens is 207 g/mol. The van der Waals surface area contributed by atoms with Gasteiger partial charge >= 0.3 is 0 Å². The fourth-order valence-electron chi connectivity index (χ4n) is 1.44. The van der Waals surface area contributed by atoms with Crippen LogP contribution in [0.5, 0.6) is 0 Å². The van der Waals surface area contributed by atoms with Crippen molar-refractivity contribution in [2.45, 2.75) is 13.1 Å². The SMILES string of the molecule is Nc1ccc(CNCc2ccoc2)c(F)c1. The molecule has 0 bridgehead atoms. The van der Waals surface area contributed by atoms with Gasteiger partial charge in [-0.05, 0) is 18.2 Å². The molecule has 0 atom stereocenters. The van der Waals surface area contributed by atoms with Crippen molar-refractivity contribution in [1.29, 1.82) is 0 Å². The van der Waals surface area contributed by atoms with Gasteiger partial charge in [0.25, 0.3) is 0 Å². The molecule has 1 aromatic carbocycles. The third kappa shape index (κ3) is 2.61. The van der Waals surface area contributed by atoms with E-state index in [1.54, 1.807) is 24.7 Å². The lowest BCUT2D eigenvalue weighted by Gasteiger charge is -2.05. The summed E-state index contributed by atoms with van der Waals surface area (Å²) in [5, 5.41) is 3.12. The molecular formula is C12H13FN2O. The quantitative estimate of drug-likeness (QED) is 0.777. The van der Waals surface area contributed by atoms with E-state index in [9.17, 15) is 4.39 Å². The molecule has 3 nitrogen and oxygen atoms in total. The molecule has 1 heterocycles. The van der Waals surface area contributed by atoms with Gasteiger partial charge in [0, 0.05) is 29.9 Å². The first-order chi connectivity index (χ1) is 7.75. The summed E-state index contributed by atoms with van der Waals surface area (Å²) in [5.74, 6) is -0.278. The van der Waals surface area contributed by atoms with E-state index < -0.39 is 0 Å². The minimum absolute atomic E-state index is 0.278. The summed E-state index contributed by atoms with van der Waals surface area (Å²) in [5.41, 5.74) is 7.55. The molecule has 3 N–H and O–H groups in total. The number of anilines is 1. The Bertz CT molecular complexity index is 454. The zero-order valence-electron chi connectivity index (χ0n) is 8.74. The molecule has 0 radical (unpaired) electrons. The maximum absolute atomic E-state index is 13.4. The number of nitrogens with one attached hydrogen (secondary N) is 1. The molecule has 0 aliphatic heterocycles. The van der Waals surface area contributed by atoms with Crippen LogP contribution in [0.1, 0.15) is 11.1 Å². The molecule has 0 aliphatic carbocycles. The van der Waals surface area contributed by atoms with Gasteiger partial charge in [0.05, 0.1) is 12.5 Å². The molecule has 0 aliphatic rings. The van der Waals surface area contributed by atoms with Crippen LogP contribution in [0.4, 0.5) is 10.1 Å². The Balaban J connectivity index is 1.90. The lowest BCUT2D eigenvalue weighted by Crippen LogP contribution is -2.13. The summed E-state index contributed by atoms with van der Waals surface area (Å²) >= 11 is 0. The van der Waals surface area contributed by atoms with Gasteiger partial charge in [-0.15, -0.1) is 0 Å². The molecule has 4 heteroatoms. The van der Waals surface area contributed by atoms with Gasteiger partial charge in [0.2, 0.25) is 0 Å². The Morgan fingerprint density at radius 1 is 1.25 bits per heavy atom. The topological polar surface area (TPSA) is 51.2 Å². The second-order valence-electron chi connectivity index (χ2n) is 3.59.